The molecule has 5 nitrogen and oxygen atoms in total. The number of likely N-dealkylation sites (N-methyl/N-ethyl adjacent to an activating group) is 1. The number of nitrogens with one attached hydrogen (secondary N) is 2. The van der Waals surface area contributed by atoms with Gasteiger partial charge >= 0.3 is 0 Å². The zero-order valence-electron chi connectivity index (χ0n) is 12.4. The second-order valence-corrected chi connectivity index (χ2v) is 5.19. The summed E-state index contributed by atoms with van der Waals surface area (Å²) < 4.78 is 5.20. The number of amides is 1. The first-order valence-electron chi connectivity index (χ1n) is 6.84. The monoisotopic (exact) mass is 343 g/mol. The van der Waals surface area contributed by atoms with E-state index in [9.17, 15) is 4.79 Å². The van der Waals surface area contributed by atoms with Crippen molar-refractivity contribution in [3.05, 3.63) is 41.0 Å². The Bertz CT molecular complexity index is 616. The lowest BCUT2D eigenvalue weighted by molar-refractivity contribution is 0.0941. The summed E-state index contributed by atoms with van der Waals surface area (Å²) in [7, 11) is 0. The van der Waals surface area contributed by atoms with E-state index in [1.165, 1.54) is 0 Å². The molecule has 1 aromatic carbocycles. The van der Waals surface area contributed by atoms with Crippen molar-refractivity contribution in [1.29, 1.82) is 0 Å². The SMILES string of the molecule is CCN[C@H](C)CNC(=O)c1cc(-c2cccc(Cl)c2)on1.Cl. The minimum absolute atomic E-state index is 0. The summed E-state index contributed by atoms with van der Waals surface area (Å²) in [5.74, 6) is 0.263. The molecule has 2 rings (SSSR count). The average molecular weight is 344 g/mol. The second-order valence-electron chi connectivity index (χ2n) is 4.76. The minimum atomic E-state index is -0.253. The maximum absolute atomic E-state index is 12.0. The van der Waals surface area contributed by atoms with Gasteiger partial charge in [-0.25, -0.2) is 0 Å². The highest BCUT2D eigenvalue weighted by atomic mass is 35.5. The molecule has 120 valence electrons. The molecule has 1 aromatic heterocycles. The first-order chi connectivity index (χ1) is 10.1. The lowest BCUT2D eigenvalue weighted by atomic mass is 10.1. The Kier molecular flexibility index (Phi) is 7.38. The van der Waals surface area contributed by atoms with Crippen LogP contribution in [0.3, 0.4) is 0 Å². The van der Waals surface area contributed by atoms with E-state index < -0.39 is 0 Å². The van der Waals surface area contributed by atoms with Crippen LogP contribution in [0.15, 0.2) is 34.9 Å². The molecule has 2 aromatic rings. The van der Waals surface area contributed by atoms with E-state index in [1.807, 2.05) is 26.0 Å². The molecule has 0 saturated carbocycles. The predicted octanol–water partition coefficient (Wildman–Crippen LogP) is 3.14. The van der Waals surface area contributed by atoms with Gasteiger partial charge in [-0.1, -0.05) is 35.8 Å². The van der Waals surface area contributed by atoms with Gasteiger partial charge in [0, 0.05) is 29.2 Å². The Balaban J connectivity index is 0.00000242. The van der Waals surface area contributed by atoms with Crippen molar-refractivity contribution in [3.63, 3.8) is 0 Å². The highest BCUT2D eigenvalue weighted by molar-refractivity contribution is 6.30. The van der Waals surface area contributed by atoms with Gasteiger partial charge in [0.05, 0.1) is 0 Å². The van der Waals surface area contributed by atoms with E-state index in [0.717, 1.165) is 12.1 Å². The molecule has 0 aliphatic heterocycles. The van der Waals surface area contributed by atoms with Gasteiger partial charge in [0.1, 0.15) is 0 Å². The van der Waals surface area contributed by atoms with Gasteiger partial charge in [0.15, 0.2) is 11.5 Å². The van der Waals surface area contributed by atoms with Gasteiger partial charge in [0.25, 0.3) is 5.91 Å². The molecular formula is C15H19Cl2N3O2. The third-order valence-corrected chi connectivity index (χ3v) is 3.21. The van der Waals surface area contributed by atoms with Crippen LogP contribution < -0.4 is 10.6 Å². The summed E-state index contributed by atoms with van der Waals surface area (Å²) in [5.41, 5.74) is 1.05. The second kappa shape index (κ2) is 8.78. The lowest BCUT2D eigenvalue weighted by Crippen LogP contribution is -2.38. The van der Waals surface area contributed by atoms with Crippen LogP contribution in [0.25, 0.3) is 11.3 Å². The van der Waals surface area contributed by atoms with Crippen LogP contribution in [-0.2, 0) is 0 Å². The maximum atomic E-state index is 12.0. The van der Waals surface area contributed by atoms with Gasteiger partial charge in [0.2, 0.25) is 0 Å². The highest BCUT2D eigenvalue weighted by Crippen LogP contribution is 2.23. The number of hydrogen-bond donors (Lipinski definition) is 2. The molecule has 0 spiro atoms. The Morgan fingerprint density at radius 1 is 1.41 bits per heavy atom. The Labute approximate surface area is 140 Å². The molecule has 0 aliphatic rings. The summed E-state index contributed by atoms with van der Waals surface area (Å²) in [6.45, 7) is 5.42. The molecule has 0 unspecified atom stereocenters. The molecule has 0 aliphatic carbocycles. The molecule has 2 N–H and O–H groups in total. The molecule has 1 atom stereocenters. The first-order valence-corrected chi connectivity index (χ1v) is 7.22. The van der Waals surface area contributed by atoms with Gasteiger partial charge in [-0.3, -0.25) is 4.79 Å². The normalized spacial score (nSPS) is 11.6. The summed E-state index contributed by atoms with van der Waals surface area (Å²) in [4.78, 5) is 12.0. The standard InChI is InChI=1S/C15H18ClN3O2.ClH/c1-3-17-10(2)9-18-15(20)13-8-14(21-19-13)11-5-4-6-12(16)7-11;/h4-8,10,17H,3,9H2,1-2H3,(H,18,20);1H/t10-;/m1./s1. The maximum Gasteiger partial charge on any atom is 0.273 e. The van der Waals surface area contributed by atoms with Crippen molar-refractivity contribution < 1.29 is 9.32 Å². The Hall–Kier alpha value is -1.56. The number of nitrogens with zero attached hydrogens (tertiary/aromatic N) is 1. The van der Waals surface area contributed by atoms with E-state index in [2.05, 4.69) is 15.8 Å². The van der Waals surface area contributed by atoms with Crippen molar-refractivity contribution >= 4 is 29.9 Å². The number of carbonyl (C=O) groups is 1. The van der Waals surface area contributed by atoms with Crippen molar-refractivity contribution in [2.75, 3.05) is 13.1 Å². The lowest BCUT2D eigenvalue weighted by Gasteiger charge is -2.12. The quantitative estimate of drug-likeness (QED) is 0.845. The number of rotatable bonds is 6. The number of hydrogen-bond acceptors (Lipinski definition) is 4. The minimum Gasteiger partial charge on any atom is -0.355 e. The van der Waals surface area contributed by atoms with Gasteiger partial charge in [-0.05, 0) is 25.6 Å². The fourth-order valence-corrected chi connectivity index (χ4v) is 2.11. The summed E-state index contributed by atoms with van der Waals surface area (Å²) >= 11 is 5.93. The van der Waals surface area contributed by atoms with Crippen LogP contribution in [0.2, 0.25) is 5.02 Å². The zero-order chi connectivity index (χ0) is 15.2. The van der Waals surface area contributed by atoms with Crippen LogP contribution in [0.4, 0.5) is 0 Å². The fraction of sp³-hybridized carbons (Fsp3) is 0.333. The van der Waals surface area contributed by atoms with Crippen molar-refractivity contribution in [1.82, 2.24) is 15.8 Å². The van der Waals surface area contributed by atoms with Gasteiger partial charge in [-0.2, -0.15) is 0 Å². The van der Waals surface area contributed by atoms with Crippen LogP contribution in [0.5, 0.6) is 0 Å². The molecule has 22 heavy (non-hydrogen) atoms. The zero-order valence-corrected chi connectivity index (χ0v) is 14.0. The first kappa shape index (κ1) is 18.5. The summed E-state index contributed by atoms with van der Waals surface area (Å²) in [5, 5.41) is 10.4. The van der Waals surface area contributed by atoms with E-state index in [4.69, 9.17) is 16.1 Å². The van der Waals surface area contributed by atoms with Crippen LogP contribution in [-0.4, -0.2) is 30.2 Å². The third-order valence-electron chi connectivity index (χ3n) is 2.97. The van der Waals surface area contributed by atoms with Crippen LogP contribution in [0.1, 0.15) is 24.3 Å². The topological polar surface area (TPSA) is 67.2 Å². The molecule has 0 bridgehead atoms. The Morgan fingerprint density at radius 3 is 2.86 bits per heavy atom. The van der Waals surface area contributed by atoms with E-state index in [-0.39, 0.29) is 30.0 Å². The Morgan fingerprint density at radius 2 is 2.18 bits per heavy atom. The van der Waals surface area contributed by atoms with E-state index >= 15 is 0 Å². The molecule has 1 amide bonds. The van der Waals surface area contributed by atoms with Crippen LogP contribution in [0, 0.1) is 0 Å². The smallest absolute Gasteiger partial charge is 0.273 e. The van der Waals surface area contributed by atoms with Crippen molar-refractivity contribution in [2.45, 2.75) is 19.9 Å². The molecular weight excluding hydrogens is 325 g/mol. The predicted molar refractivity (Wildman–Crippen MR) is 89.7 cm³/mol. The summed E-state index contributed by atoms with van der Waals surface area (Å²) in [6.07, 6.45) is 0. The molecule has 0 fully saturated rings. The molecule has 0 saturated heterocycles. The number of halogens is 2. The van der Waals surface area contributed by atoms with E-state index in [1.54, 1.807) is 18.2 Å². The largest absolute Gasteiger partial charge is 0.355 e. The highest BCUT2D eigenvalue weighted by Gasteiger charge is 2.14. The van der Waals surface area contributed by atoms with Crippen LogP contribution >= 0.6 is 24.0 Å². The molecule has 1 heterocycles. The molecule has 7 heteroatoms. The molecule has 0 radical (unpaired) electrons. The van der Waals surface area contributed by atoms with Crippen molar-refractivity contribution in [2.24, 2.45) is 0 Å². The van der Waals surface area contributed by atoms with Gasteiger partial charge in [-0.15, -0.1) is 12.4 Å². The average Bonchev–Trinajstić information content (AvgIpc) is 2.95. The summed E-state index contributed by atoms with van der Waals surface area (Å²) in [6, 6.07) is 9.02. The van der Waals surface area contributed by atoms with Gasteiger partial charge < -0.3 is 15.2 Å². The van der Waals surface area contributed by atoms with Crippen molar-refractivity contribution in [3.8, 4) is 11.3 Å². The number of carbonyl (C=O) groups excluding carboxylic acids is 1. The third kappa shape index (κ3) is 5.02. The number of aromatic nitrogens is 1. The number of benzene rings is 1. The van der Waals surface area contributed by atoms with E-state index in [0.29, 0.717) is 17.3 Å². The fourth-order valence-electron chi connectivity index (χ4n) is 1.92.